The van der Waals surface area contributed by atoms with Gasteiger partial charge in [0.1, 0.15) is 0 Å². The Morgan fingerprint density at radius 3 is 2.26 bits per heavy atom. The molecule has 1 saturated carbocycles. The third kappa shape index (κ3) is 6.60. The lowest BCUT2D eigenvalue weighted by molar-refractivity contribution is 0.913. The van der Waals surface area contributed by atoms with Gasteiger partial charge in [0.2, 0.25) is 0 Å². The van der Waals surface area contributed by atoms with Crippen LogP contribution in [0, 0.1) is 5.92 Å². The third-order valence-electron chi connectivity index (χ3n) is 4.00. The first-order chi connectivity index (χ1) is 11.2. The minimum absolute atomic E-state index is 0.775. The summed E-state index contributed by atoms with van der Waals surface area (Å²) < 4.78 is 0. The van der Waals surface area contributed by atoms with Crippen molar-refractivity contribution in [3.05, 3.63) is 65.8 Å². The van der Waals surface area contributed by atoms with Crippen molar-refractivity contribution in [2.45, 2.75) is 67.2 Å². The Bertz CT molecular complexity index is 517. The summed E-state index contributed by atoms with van der Waals surface area (Å²) in [5.41, 5.74) is 5.32. The Labute approximate surface area is 145 Å². The fraction of sp³-hybridized carbons (Fsp3) is 0.478. The van der Waals surface area contributed by atoms with E-state index in [9.17, 15) is 0 Å². The molecule has 1 aromatic carbocycles. The molecule has 2 unspecified atom stereocenters. The standard InChI is InChI=1S/C19H24.2C2H6/c1-5-7-8-9-14(3)19-13-17(18-12-15(18)4)11-10-16(19)6-2;2*1-2/h5,7-11,13,15,18H,3,6,12H2,1-2,4H3;2*1-2H3/b7-5-,9-8-;;. The second-order valence-corrected chi connectivity index (χ2v) is 5.50. The summed E-state index contributed by atoms with van der Waals surface area (Å²) in [5, 5.41) is 0. The van der Waals surface area contributed by atoms with Gasteiger partial charge in [0, 0.05) is 0 Å². The van der Waals surface area contributed by atoms with E-state index in [-0.39, 0.29) is 0 Å². The van der Waals surface area contributed by atoms with Crippen LogP contribution in [-0.4, -0.2) is 0 Å². The summed E-state index contributed by atoms with van der Waals surface area (Å²) in [5.74, 6) is 1.63. The predicted octanol–water partition coefficient (Wildman–Crippen LogP) is 7.57. The molecule has 1 aliphatic rings. The van der Waals surface area contributed by atoms with E-state index < -0.39 is 0 Å². The van der Waals surface area contributed by atoms with E-state index in [0.29, 0.717) is 0 Å². The normalized spacial score (nSPS) is 18.9. The molecule has 128 valence electrons. The molecule has 1 fully saturated rings. The van der Waals surface area contributed by atoms with E-state index in [0.717, 1.165) is 23.8 Å². The van der Waals surface area contributed by atoms with E-state index in [1.165, 1.54) is 23.1 Å². The van der Waals surface area contributed by atoms with E-state index in [2.05, 4.69) is 50.8 Å². The van der Waals surface area contributed by atoms with Crippen LogP contribution in [0.4, 0.5) is 0 Å². The molecule has 0 bridgehead atoms. The van der Waals surface area contributed by atoms with Crippen LogP contribution in [0.3, 0.4) is 0 Å². The highest BCUT2D eigenvalue weighted by Crippen LogP contribution is 2.47. The highest BCUT2D eigenvalue weighted by molar-refractivity contribution is 5.75. The predicted molar refractivity (Wildman–Crippen MR) is 108 cm³/mol. The molecule has 23 heavy (non-hydrogen) atoms. The van der Waals surface area contributed by atoms with Gasteiger partial charge in [0.25, 0.3) is 0 Å². The van der Waals surface area contributed by atoms with Crippen LogP contribution in [0.1, 0.15) is 77.5 Å². The van der Waals surface area contributed by atoms with Gasteiger partial charge in [-0.25, -0.2) is 0 Å². The number of aryl methyl sites for hydroxylation is 1. The number of hydrogen-bond acceptors (Lipinski definition) is 0. The van der Waals surface area contributed by atoms with E-state index >= 15 is 0 Å². The van der Waals surface area contributed by atoms with Crippen LogP contribution in [0.15, 0.2) is 49.1 Å². The highest BCUT2D eigenvalue weighted by Gasteiger charge is 2.34. The van der Waals surface area contributed by atoms with Gasteiger partial charge >= 0.3 is 0 Å². The van der Waals surface area contributed by atoms with Gasteiger partial charge in [-0.1, -0.05) is 90.6 Å². The molecule has 0 heterocycles. The van der Waals surface area contributed by atoms with Crippen LogP contribution >= 0.6 is 0 Å². The van der Waals surface area contributed by atoms with Crippen molar-refractivity contribution in [1.82, 2.24) is 0 Å². The highest BCUT2D eigenvalue weighted by atomic mass is 14.4. The zero-order chi connectivity index (χ0) is 17.8. The molecule has 0 N–H and O–H groups in total. The van der Waals surface area contributed by atoms with Gasteiger partial charge in [0.05, 0.1) is 0 Å². The van der Waals surface area contributed by atoms with Crippen LogP contribution in [0.25, 0.3) is 5.57 Å². The molecular formula is C23H36. The first-order valence-electron chi connectivity index (χ1n) is 9.28. The van der Waals surface area contributed by atoms with E-state index in [1.54, 1.807) is 0 Å². The maximum atomic E-state index is 4.22. The molecule has 0 saturated heterocycles. The van der Waals surface area contributed by atoms with Gasteiger partial charge in [-0.15, -0.1) is 0 Å². The topological polar surface area (TPSA) is 0 Å². The quantitative estimate of drug-likeness (QED) is 0.492. The minimum atomic E-state index is 0.775. The maximum Gasteiger partial charge on any atom is -0.0133 e. The third-order valence-corrected chi connectivity index (χ3v) is 4.00. The fourth-order valence-electron chi connectivity index (χ4n) is 2.59. The Morgan fingerprint density at radius 1 is 1.17 bits per heavy atom. The number of hydrogen-bond donors (Lipinski definition) is 0. The summed E-state index contributed by atoms with van der Waals surface area (Å²) in [6, 6.07) is 6.94. The zero-order valence-electron chi connectivity index (χ0n) is 16.3. The lowest BCUT2D eigenvalue weighted by atomic mass is 9.94. The van der Waals surface area contributed by atoms with Gasteiger partial charge in [-0.2, -0.15) is 0 Å². The van der Waals surface area contributed by atoms with E-state index in [1.807, 2.05) is 46.8 Å². The van der Waals surface area contributed by atoms with Gasteiger partial charge in [0.15, 0.2) is 0 Å². The van der Waals surface area contributed by atoms with Crippen LogP contribution in [0.2, 0.25) is 0 Å². The average molecular weight is 313 g/mol. The summed E-state index contributed by atoms with van der Waals surface area (Å²) in [7, 11) is 0. The summed E-state index contributed by atoms with van der Waals surface area (Å²) in [6.07, 6.45) is 10.7. The smallest absolute Gasteiger partial charge is 0.0133 e. The van der Waals surface area contributed by atoms with Gasteiger partial charge < -0.3 is 0 Å². The fourth-order valence-corrected chi connectivity index (χ4v) is 2.59. The van der Waals surface area contributed by atoms with E-state index in [4.69, 9.17) is 0 Å². The Kier molecular flexibility index (Phi) is 11.1. The van der Waals surface area contributed by atoms with Crippen molar-refractivity contribution in [2.24, 2.45) is 5.92 Å². The lowest BCUT2D eigenvalue weighted by Crippen LogP contribution is -1.93. The molecule has 1 aliphatic carbocycles. The second-order valence-electron chi connectivity index (χ2n) is 5.50. The molecule has 0 spiro atoms. The van der Waals surface area contributed by atoms with Crippen molar-refractivity contribution in [3.63, 3.8) is 0 Å². The maximum absolute atomic E-state index is 4.22. The number of allylic oxidation sites excluding steroid dienone is 5. The monoisotopic (exact) mass is 312 g/mol. The zero-order valence-corrected chi connectivity index (χ0v) is 16.3. The summed E-state index contributed by atoms with van der Waals surface area (Å²) in [4.78, 5) is 0. The average Bonchev–Trinajstić information content (AvgIpc) is 3.34. The molecular weight excluding hydrogens is 276 g/mol. The van der Waals surface area contributed by atoms with Crippen LogP contribution < -0.4 is 0 Å². The van der Waals surface area contributed by atoms with Crippen molar-refractivity contribution in [1.29, 1.82) is 0 Å². The largest absolute Gasteiger partial charge is 0.0911 e. The number of benzene rings is 1. The first kappa shape index (κ1) is 21.4. The molecule has 1 aromatic rings. The Hall–Kier alpha value is -1.56. The lowest BCUT2D eigenvalue weighted by Gasteiger charge is -2.11. The molecule has 2 rings (SSSR count). The molecule has 0 aromatic heterocycles. The molecule has 0 nitrogen and oxygen atoms in total. The second kappa shape index (κ2) is 11.9. The van der Waals surface area contributed by atoms with Crippen molar-refractivity contribution in [2.75, 3.05) is 0 Å². The molecule has 0 amide bonds. The number of rotatable bonds is 5. The molecule has 0 radical (unpaired) electrons. The first-order valence-corrected chi connectivity index (χ1v) is 9.28. The minimum Gasteiger partial charge on any atom is -0.0911 e. The summed E-state index contributed by atoms with van der Waals surface area (Å²) >= 11 is 0. The molecule has 2 atom stereocenters. The van der Waals surface area contributed by atoms with Gasteiger partial charge in [-0.3, -0.25) is 0 Å². The Balaban J connectivity index is 0.00000112. The van der Waals surface area contributed by atoms with Crippen LogP contribution in [-0.2, 0) is 6.42 Å². The Morgan fingerprint density at radius 2 is 1.78 bits per heavy atom. The SMILES string of the molecule is C=C(/C=C\C=C/C)c1cc(C2CC2C)ccc1CC.CC.CC. The van der Waals surface area contributed by atoms with Gasteiger partial charge in [-0.05, 0) is 53.9 Å². The van der Waals surface area contributed by atoms with Crippen LogP contribution in [0.5, 0.6) is 0 Å². The molecule has 0 heteroatoms. The van der Waals surface area contributed by atoms with Crippen molar-refractivity contribution >= 4 is 5.57 Å². The summed E-state index contributed by atoms with van der Waals surface area (Å²) in [6.45, 7) is 18.8. The van der Waals surface area contributed by atoms with Crippen molar-refractivity contribution in [3.8, 4) is 0 Å². The molecule has 0 aliphatic heterocycles. The van der Waals surface area contributed by atoms with Crippen molar-refractivity contribution < 1.29 is 0 Å².